The third kappa shape index (κ3) is 10.7. The van der Waals surface area contributed by atoms with Crippen LogP contribution in [0.15, 0.2) is 24.3 Å². The molecule has 0 heterocycles. The highest BCUT2D eigenvalue weighted by Crippen LogP contribution is 2.46. The van der Waals surface area contributed by atoms with Gasteiger partial charge in [0.1, 0.15) is 12.1 Å². The van der Waals surface area contributed by atoms with Gasteiger partial charge in [-0.3, -0.25) is 18.9 Å². The highest BCUT2D eigenvalue weighted by molar-refractivity contribution is 7.62. The summed E-state index contributed by atoms with van der Waals surface area (Å²) >= 11 is 0. The highest BCUT2D eigenvalue weighted by atomic mass is 31.2. The molecule has 2 atom stereocenters. The molecule has 1 fully saturated rings. The van der Waals surface area contributed by atoms with Crippen LogP contribution in [-0.2, 0) is 34.4 Å². The summed E-state index contributed by atoms with van der Waals surface area (Å²) in [4.78, 5) is 39.9. The summed E-state index contributed by atoms with van der Waals surface area (Å²) in [5.41, 5.74) is 0.756. The first-order valence-electron chi connectivity index (χ1n) is 14.4. The number of hydrogen-bond donors (Lipinski definition) is 2. The van der Waals surface area contributed by atoms with Gasteiger partial charge in [0.05, 0.1) is 18.5 Å². The van der Waals surface area contributed by atoms with Crippen LogP contribution in [0.3, 0.4) is 0 Å². The van der Waals surface area contributed by atoms with Gasteiger partial charge >= 0.3 is 7.60 Å². The summed E-state index contributed by atoms with van der Waals surface area (Å²) in [6.45, 7) is 7.87. The Hall–Kier alpha value is -2.22. The minimum Gasteiger partial charge on any atom is -0.344 e. The molecule has 0 unspecified atom stereocenters. The van der Waals surface area contributed by atoms with Crippen molar-refractivity contribution < 1.29 is 28.0 Å². The van der Waals surface area contributed by atoms with Crippen LogP contribution in [-0.4, -0.2) is 61.5 Å². The van der Waals surface area contributed by atoms with E-state index in [2.05, 4.69) is 10.6 Å². The molecule has 2 rings (SSSR count). The van der Waals surface area contributed by atoms with E-state index in [0.29, 0.717) is 18.3 Å². The van der Waals surface area contributed by atoms with Gasteiger partial charge in [0.25, 0.3) is 0 Å². The third-order valence-corrected chi connectivity index (χ3v) is 9.34. The van der Waals surface area contributed by atoms with Crippen molar-refractivity contribution in [1.82, 2.24) is 15.5 Å². The van der Waals surface area contributed by atoms with Crippen molar-refractivity contribution in [2.45, 2.75) is 97.6 Å². The Labute approximate surface area is 234 Å². The molecule has 0 aliphatic heterocycles. The normalized spacial score (nSPS) is 15.8. The van der Waals surface area contributed by atoms with Crippen molar-refractivity contribution in [1.29, 1.82) is 0 Å². The van der Waals surface area contributed by atoms with Crippen LogP contribution in [0.1, 0.15) is 84.6 Å². The van der Waals surface area contributed by atoms with E-state index in [1.807, 2.05) is 6.92 Å². The predicted octanol–water partition coefficient (Wildman–Crippen LogP) is 4.34. The molecule has 1 aliphatic rings. The number of likely N-dealkylation sites (N-methyl/N-ethyl adjacent to an activating group) is 1. The molecule has 0 saturated heterocycles. The van der Waals surface area contributed by atoms with Gasteiger partial charge < -0.3 is 24.6 Å². The summed E-state index contributed by atoms with van der Waals surface area (Å²) in [7, 11) is -1.63. The fraction of sp³-hybridized carbons (Fsp3) is 0.690. The molecule has 0 bridgehead atoms. The van der Waals surface area contributed by atoms with Gasteiger partial charge in [-0.25, -0.2) is 0 Å². The molecule has 10 heteroatoms. The van der Waals surface area contributed by atoms with Crippen molar-refractivity contribution in [2.75, 3.05) is 26.8 Å². The van der Waals surface area contributed by atoms with Gasteiger partial charge in [-0.05, 0) is 56.7 Å². The Bertz CT molecular complexity index is 954. The predicted molar refractivity (Wildman–Crippen MR) is 154 cm³/mol. The van der Waals surface area contributed by atoms with E-state index in [1.54, 1.807) is 50.1 Å². The van der Waals surface area contributed by atoms with E-state index < -0.39 is 25.6 Å². The molecule has 1 aromatic rings. The maximum atomic E-state index is 13.2. The topological polar surface area (TPSA) is 114 Å². The van der Waals surface area contributed by atoms with E-state index >= 15 is 0 Å². The van der Waals surface area contributed by atoms with Crippen LogP contribution in [0.2, 0.25) is 0 Å². The van der Waals surface area contributed by atoms with Crippen LogP contribution in [0, 0.1) is 5.92 Å². The fourth-order valence-electron chi connectivity index (χ4n) is 5.11. The number of benzene rings is 1. The zero-order valence-electron chi connectivity index (χ0n) is 24.4. The molecule has 220 valence electrons. The lowest BCUT2D eigenvalue weighted by Gasteiger charge is -2.27. The maximum absolute atomic E-state index is 13.2. The molecule has 2 N–H and O–H groups in total. The second kappa shape index (κ2) is 16.8. The molecule has 9 nitrogen and oxygen atoms in total. The molecule has 1 aromatic carbocycles. The van der Waals surface area contributed by atoms with Gasteiger partial charge in [0, 0.05) is 26.9 Å². The van der Waals surface area contributed by atoms with Gasteiger partial charge in [-0.1, -0.05) is 51.2 Å². The van der Waals surface area contributed by atoms with Gasteiger partial charge in [-0.2, -0.15) is 0 Å². The Morgan fingerprint density at radius 3 is 2.13 bits per heavy atom. The summed E-state index contributed by atoms with van der Waals surface area (Å²) in [5.74, 6) is -0.118. The smallest absolute Gasteiger partial charge is 0.344 e. The zero-order chi connectivity index (χ0) is 28.8. The maximum Gasteiger partial charge on any atom is 0.361 e. The van der Waals surface area contributed by atoms with Crippen molar-refractivity contribution >= 4 is 30.6 Å². The Morgan fingerprint density at radius 2 is 1.59 bits per heavy atom. The number of rotatable bonds is 16. The van der Waals surface area contributed by atoms with Crippen LogP contribution in [0.25, 0.3) is 0 Å². The van der Waals surface area contributed by atoms with E-state index in [1.165, 1.54) is 39.0 Å². The molecular formula is C29H48N3O6P. The molecule has 0 spiro atoms. The van der Waals surface area contributed by atoms with Crippen LogP contribution < -0.4 is 15.9 Å². The van der Waals surface area contributed by atoms with E-state index in [9.17, 15) is 18.9 Å². The number of carbonyl (C=O) groups is 3. The van der Waals surface area contributed by atoms with E-state index in [0.717, 1.165) is 24.3 Å². The number of nitrogens with one attached hydrogen (secondary N) is 2. The van der Waals surface area contributed by atoms with E-state index in [4.69, 9.17) is 9.05 Å². The second-order valence-corrected chi connectivity index (χ2v) is 12.4. The lowest BCUT2D eigenvalue weighted by Crippen LogP contribution is -2.54. The van der Waals surface area contributed by atoms with Gasteiger partial charge in [0.15, 0.2) is 0 Å². The van der Waals surface area contributed by atoms with Crippen molar-refractivity contribution in [3.8, 4) is 0 Å². The number of nitrogens with zero attached hydrogens (tertiary/aromatic N) is 1. The van der Waals surface area contributed by atoms with Crippen molar-refractivity contribution in [3.05, 3.63) is 29.8 Å². The van der Waals surface area contributed by atoms with Crippen LogP contribution >= 0.6 is 7.60 Å². The zero-order valence-corrected chi connectivity index (χ0v) is 25.3. The first-order chi connectivity index (χ1) is 18.6. The van der Waals surface area contributed by atoms with E-state index in [-0.39, 0.29) is 31.4 Å². The minimum absolute atomic E-state index is 0.122. The third-order valence-electron chi connectivity index (χ3n) is 7.21. The molecule has 3 amide bonds. The summed E-state index contributed by atoms with van der Waals surface area (Å²) in [5, 5.41) is 5.98. The quantitative estimate of drug-likeness (QED) is 0.288. The lowest BCUT2D eigenvalue weighted by atomic mass is 9.86. The monoisotopic (exact) mass is 565 g/mol. The van der Waals surface area contributed by atoms with Gasteiger partial charge in [0.2, 0.25) is 17.7 Å². The van der Waals surface area contributed by atoms with Crippen LogP contribution in [0.5, 0.6) is 0 Å². The molecule has 0 radical (unpaired) electrons. The number of amides is 3. The van der Waals surface area contributed by atoms with Gasteiger partial charge in [-0.15, -0.1) is 0 Å². The Kier molecular flexibility index (Phi) is 14.2. The first kappa shape index (κ1) is 33.0. The largest absolute Gasteiger partial charge is 0.361 e. The summed E-state index contributed by atoms with van der Waals surface area (Å²) in [6.07, 6.45) is 9.28. The number of carbonyl (C=O) groups excluding carboxylic acids is 3. The summed E-state index contributed by atoms with van der Waals surface area (Å²) < 4.78 is 23.8. The average molecular weight is 566 g/mol. The van der Waals surface area contributed by atoms with Crippen LogP contribution in [0.4, 0.5) is 0 Å². The molecule has 39 heavy (non-hydrogen) atoms. The molecule has 0 aromatic heterocycles. The standard InChI is InChI=1S/C29H48N3O6P/c1-6-26(29(35)32(5)20-12-15-23-13-10-9-11-14-23)31-28(34)27(30-22(4)33)21-24-16-18-25(19-17-24)39(36,37-7-2)38-8-3/h16-19,23,26-27H,6-15,20-21H2,1-5H3,(H,30,33)(H,31,34)/t26-,27-/m0/s1. The lowest BCUT2D eigenvalue weighted by molar-refractivity contribution is -0.136. The molecule has 1 saturated carbocycles. The SMILES string of the molecule is CCOP(=O)(OCC)c1ccc(C[C@H](NC(C)=O)C(=O)N[C@@H](CC)C(=O)N(C)CCCC2CCCCC2)cc1. The fourth-order valence-corrected chi connectivity index (χ4v) is 6.68. The molecule has 1 aliphatic carbocycles. The van der Waals surface area contributed by atoms with Crippen molar-refractivity contribution in [3.63, 3.8) is 0 Å². The van der Waals surface area contributed by atoms with Crippen molar-refractivity contribution in [2.24, 2.45) is 5.92 Å². The number of hydrogen-bond acceptors (Lipinski definition) is 6. The highest BCUT2D eigenvalue weighted by Gasteiger charge is 2.29. The Morgan fingerprint density at radius 1 is 0.974 bits per heavy atom. The minimum atomic E-state index is -3.42. The average Bonchev–Trinajstić information content (AvgIpc) is 2.91. The second-order valence-electron chi connectivity index (χ2n) is 10.3. The summed E-state index contributed by atoms with van der Waals surface area (Å²) in [6, 6.07) is 5.27. The first-order valence-corrected chi connectivity index (χ1v) is 16.0. The Balaban J connectivity index is 2.01. The molecular weight excluding hydrogens is 517 g/mol.